The molecular formula is C26H28ClNO14. The van der Waals surface area contributed by atoms with Crippen LogP contribution in [0, 0.1) is 0 Å². The van der Waals surface area contributed by atoms with Gasteiger partial charge in [0.05, 0.1) is 0 Å². The molecule has 2 fully saturated rings. The Morgan fingerprint density at radius 3 is 2.07 bits per heavy atom. The number of imide groups is 1. The largest absolute Gasteiger partial charge is 0.534 e. The molecule has 0 bridgehead atoms. The van der Waals surface area contributed by atoms with Gasteiger partial charge in [0, 0.05) is 56.5 Å². The average molecular weight is 618 g/mol. The third kappa shape index (κ3) is 8.39. The lowest BCUT2D eigenvalue weighted by atomic mass is 9.90. The van der Waals surface area contributed by atoms with Crippen molar-refractivity contribution < 1.29 is 72.3 Å². The first-order valence-corrected chi connectivity index (χ1v) is 12.3. The first kappa shape index (κ1) is 26.6. The van der Waals surface area contributed by atoms with E-state index in [0.29, 0.717) is 5.06 Å². The summed E-state index contributed by atoms with van der Waals surface area (Å²) in [6.45, 7) is -4.56. The minimum Gasteiger partial charge on any atom is -0.463 e. The topological polar surface area (TPSA) is 187 Å². The second kappa shape index (κ2) is 14.1. The van der Waals surface area contributed by atoms with E-state index < -0.39 is 113 Å². The van der Waals surface area contributed by atoms with Crippen LogP contribution in [0.2, 0.25) is 5.02 Å². The Balaban J connectivity index is 1.94. The van der Waals surface area contributed by atoms with Crippen LogP contribution in [-0.2, 0) is 68.6 Å². The van der Waals surface area contributed by atoms with E-state index in [2.05, 4.69) is 4.84 Å². The number of hydrogen-bond donors (Lipinski definition) is 0. The lowest BCUT2D eigenvalue weighted by Gasteiger charge is -2.44. The Labute approximate surface area is 249 Å². The molecule has 1 unspecified atom stereocenters. The van der Waals surface area contributed by atoms with Crippen molar-refractivity contribution >= 4 is 53.4 Å². The number of nitrogens with zero attached hydrogens (tertiary/aromatic N) is 1. The minimum atomic E-state index is -1.72. The molecule has 2 heterocycles. The maximum Gasteiger partial charge on any atom is 0.534 e. The van der Waals surface area contributed by atoms with Crippen LogP contribution >= 0.6 is 11.6 Å². The van der Waals surface area contributed by atoms with Crippen LogP contribution in [0.1, 0.15) is 63.2 Å². The summed E-state index contributed by atoms with van der Waals surface area (Å²) in [6, 6.07) is 4.03. The highest BCUT2D eigenvalue weighted by molar-refractivity contribution is 6.31. The molecule has 2 amide bonds. The predicted molar refractivity (Wildman–Crippen MR) is 135 cm³/mol. The van der Waals surface area contributed by atoms with E-state index in [1.165, 1.54) is 18.2 Å². The van der Waals surface area contributed by atoms with Gasteiger partial charge in [-0.1, -0.05) is 28.8 Å². The highest BCUT2D eigenvalue weighted by Crippen LogP contribution is 2.40. The van der Waals surface area contributed by atoms with Crippen LogP contribution in [0.25, 0.3) is 0 Å². The molecule has 42 heavy (non-hydrogen) atoms. The van der Waals surface area contributed by atoms with Gasteiger partial charge in [-0.05, 0) is 11.6 Å². The number of halogens is 1. The maximum absolute atomic E-state index is 12.3. The van der Waals surface area contributed by atoms with Crippen molar-refractivity contribution in [1.29, 1.82) is 0 Å². The molecule has 0 aromatic heterocycles. The zero-order valence-corrected chi connectivity index (χ0v) is 22.6. The van der Waals surface area contributed by atoms with E-state index in [9.17, 15) is 33.6 Å². The molecule has 0 aliphatic carbocycles. The van der Waals surface area contributed by atoms with Crippen molar-refractivity contribution in [3.63, 3.8) is 0 Å². The molecule has 0 radical (unpaired) electrons. The van der Waals surface area contributed by atoms with Crippen LogP contribution < -0.4 is 0 Å². The molecule has 2 aliphatic heterocycles. The van der Waals surface area contributed by atoms with Crippen molar-refractivity contribution in [1.82, 2.24) is 5.06 Å². The highest BCUT2D eigenvalue weighted by atomic mass is 35.5. The summed E-state index contributed by atoms with van der Waals surface area (Å²) >= 11 is 6.53. The van der Waals surface area contributed by atoms with Crippen LogP contribution in [0.3, 0.4) is 0 Å². The zero-order chi connectivity index (χ0) is 34.0. The normalized spacial score (nSPS) is 24.8. The Morgan fingerprint density at radius 2 is 1.48 bits per heavy atom. The Bertz CT molecular complexity index is 1330. The lowest BCUT2D eigenvalue weighted by molar-refractivity contribution is -0.254. The number of rotatable bonds is 9. The molecule has 1 aromatic rings. The quantitative estimate of drug-likeness (QED) is 0.222. The van der Waals surface area contributed by atoms with E-state index in [4.69, 9.17) is 45.5 Å². The first-order chi connectivity index (χ1) is 21.9. The minimum absolute atomic E-state index is 0.0676. The zero-order valence-electron chi connectivity index (χ0n) is 25.8. The highest BCUT2D eigenvalue weighted by Gasteiger charge is 2.53. The standard InChI is InChI=1S/C26H28ClNO14/c1-12(29)36-11-19-23(38-13(2)30)25(40-15(4)32)24(39-14(3)31)22(41-19)17-6-5-16(9-18(17)27)10-37-26(35)42-28-20(33)7-8-21(28)34/h5-6,9,19,22-25H,7-8,10-11H2,1-4H3/t19-,22?,23+,24+,25+/m1/s1/i1D,2D,3D,4D. The van der Waals surface area contributed by atoms with Crippen LogP contribution in [-0.4, -0.2) is 77.9 Å². The summed E-state index contributed by atoms with van der Waals surface area (Å²) in [7, 11) is 0. The summed E-state index contributed by atoms with van der Waals surface area (Å²) in [5.41, 5.74) is 0.332. The Hall–Kier alpha value is -4.24. The average Bonchev–Trinajstić information content (AvgIpc) is 3.36. The fourth-order valence-electron chi connectivity index (χ4n) is 4.13. The number of ether oxygens (including phenoxy) is 6. The van der Waals surface area contributed by atoms with Gasteiger partial charge in [0.2, 0.25) is 0 Å². The molecule has 3 rings (SSSR count). The number of hydroxylamine groups is 2. The van der Waals surface area contributed by atoms with E-state index in [1.807, 2.05) is 0 Å². The summed E-state index contributed by atoms with van der Waals surface area (Å²) in [4.78, 5) is 88.5. The van der Waals surface area contributed by atoms with Crippen molar-refractivity contribution in [3.8, 4) is 0 Å². The van der Waals surface area contributed by atoms with Crippen molar-refractivity contribution in [2.45, 2.75) is 77.6 Å². The lowest BCUT2D eigenvalue weighted by Crippen LogP contribution is -2.59. The monoisotopic (exact) mass is 617 g/mol. The van der Waals surface area contributed by atoms with E-state index in [-0.39, 0.29) is 29.0 Å². The second-order valence-electron chi connectivity index (χ2n) is 8.71. The molecule has 0 saturated carbocycles. The van der Waals surface area contributed by atoms with Crippen LogP contribution in [0.5, 0.6) is 0 Å². The van der Waals surface area contributed by atoms with E-state index in [0.717, 1.165) is 0 Å². The molecule has 228 valence electrons. The summed E-state index contributed by atoms with van der Waals surface area (Å²) in [5.74, 6) is -5.80. The summed E-state index contributed by atoms with van der Waals surface area (Å²) in [6.07, 6.45) is -9.52. The number of hydrogen-bond acceptors (Lipinski definition) is 14. The molecule has 2 saturated heterocycles. The van der Waals surface area contributed by atoms with Gasteiger partial charge in [-0.15, -0.1) is 0 Å². The molecule has 0 N–H and O–H groups in total. The molecule has 2 aliphatic rings. The summed E-state index contributed by atoms with van der Waals surface area (Å²) in [5, 5.41) is 0.207. The molecule has 0 spiro atoms. The second-order valence-corrected chi connectivity index (χ2v) is 9.12. The fraction of sp³-hybridized carbons (Fsp3) is 0.500. The van der Waals surface area contributed by atoms with Gasteiger partial charge >= 0.3 is 30.0 Å². The van der Waals surface area contributed by atoms with Gasteiger partial charge in [-0.2, -0.15) is 0 Å². The van der Waals surface area contributed by atoms with Gasteiger partial charge in [0.25, 0.3) is 11.8 Å². The van der Waals surface area contributed by atoms with Gasteiger partial charge in [-0.3, -0.25) is 33.6 Å². The van der Waals surface area contributed by atoms with E-state index in [1.54, 1.807) is 0 Å². The fourth-order valence-corrected chi connectivity index (χ4v) is 4.44. The molecular weight excluding hydrogens is 586 g/mol. The number of esters is 4. The van der Waals surface area contributed by atoms with E-state index >= 15 is 0 Å². The third-order valence-electron chi connectivity index (χ3n) is 5.74. The van der Waals surface area contributed by atoms with Gasteiger partial charge < -0.3 is 28.4 Å². The summed E-state index contributed by atoms with van der Waals surface area (Å²) < 4.78 is 61.2. The van der Waals surface area contributed by atoms with Crippen molar-refractivity contribution in [2.24, 2.45) is 0 Å². The van der Waals surface area contributed by atoms with Gasteiger partial charge in [0.15, 0.2) is 18.3 Å². The molecule has 5 atom stereocenters. The van der Waals surface area contributed by atoms with Gasteiger partial charge in [0.1, 0.15) is 25.4 Å². The third-order valence-corrected chi connectivity index (χ3v) is 6.07. The van der Waals surface area contributed by atoms with Crippen LogP contribution in [0.15, 0.2) is 18.2 Å². The van der Waals surface area contributed by atoms with Crippen LogP contribution in [0.4, 0.5) is 4.79 Å². The van der Waals surface area contributed by atoms with Gasteiger partial charge in [-0.25, -0.2) is 4.79 Å². The smallest absolute Gasteiger partial charge is 0.463 e. The molecule has 15 nitrogen and oxygen atoms in total. The van der Waals surface area contributed by atoms with Crippen molar-refractivity contribution in [3.05, 3.63) is 34.3 Å². The predicted octanol–water partition coefficient (Wildman–Crippen LogP) is 1.86. The Morgan fingerprint density at radius 1 is 0.881 bits per heavy atom. The number of carbonyl (C=O) groups is 7. The number of amides is 2. The molecule has 16 heteroatoms. The molecule has 1 aromatic carbocycles. The first-order valence-electron chi connectivity index (χ1n) is 14.8. The Kier molecular flexibility index (Phi) is 8.94. The number of carbonyl (C=O) groups excluding carboxylic acids is 7. The number of benzene rings is 1. The SMILES string of the molecule is [2H]CC(=O)OC[C@H]1OC(c2ccc(COC(=O)ON3C(=O)CCC3=O)cc2Cl)[C@H](OC(=O)C[2H])[C@@H](OC(=O)C[2H])[C@H]1OC(=O)C[2H]. The van der Waals surface area contributed by atoms with Crippen molar-refractivity contribution in [2.75, 3.05) is 6.61 Å². The maximum atomic E-state index is 12.3.